The van der Waals surface area contributed by atoms with Gasteiger partial charge >= 0.3 is 12.1 Å². The number of hydrogen-bond acceptors (Lipinski definition) is 4. The van der Waals surface area contributed by atoms with Gasteiger partial charge in [0.2, 0.25) is 5.91 Å². The van der Waals surface area contributed by atoms with E-state index < -0.39 is 23.5 Å². The van der Waals surface area contributed by atoms with Crippen LogP contribution >= 0.6 is 0 Å². The molecule has 0 spiro atoms. The highest BCUT2D eigenvalue weighted by Crippen LogP contribution is 2.45. The second-order valence-electron chi connectivity index (χ2n) is 9.83. The molecule has 2 aromatic carbocycles. The molecule has 0 radical (unpaired) electrons. The average molecular weight is 463 g/mol. The number of nitrogens with one attached hydrogen (secondary N) is 1. The van der Waals surface area contributed by atoms with Crippen molar-refractivity contribution in [2.24, 2.45) is 5.41 Å². The van der Waals surface area contributed by atoms with Gasteiger partial charge in [0, 0.05) is 18.5 Å². The minimum absolute atomic E-state index is 0.0318. The van der Waals surface area contributed by atoms with Crippen molar-refractivity contribution in [3.05, 3.63) is 59.7 Å². The molecule has 2 unspecified atom stereocenters. The fraction of sp³-hybridized carbons (Fsp3) is 0.444. The molecule has 2 amide bonds. The van der Waals surface area contributed by atoms with Crippen molar-refractivity contribution in [1.29, 1.82) is 0 Å². The van der Waals surface area contributed by atoms with Gasteiger partial charge in [0.15, 0.2) is 0 Å². The number of carboxylic acids is 1. The van der Waals surface area contributed by atoms with Gasteiger partial charge in [0.1, 0.15) is 12.6 Å². The number of alkyl carbamates (subject to hydrolysis) is 1. The Hall–Kier alpha value is -3.35. The van der Waals surface area contributed by atoms with Gasteiger partial charge in [-0.05, 0) is 54.9 Å². The molecule has 7 nitrogen and oxygen atoms in total. The summed E-state index contributed by atoms with van der Waals surface area (Å²) in [5.41, 5.74) is 3.79. The Balaban J connectivity index is 1.26. The van der Waals surface area contributed by atoms with Crippen LogP contribution in [0.5, 0.6) is 0 Å². The molecular weight excluding hydrogens is 432 g/mol. The van der Waals surface area contributed by atoms with E-state index in [0.717, 1.165) is 17.5 Å². The standard InChI is InChI=1S/C27H30N2O5/c1-27(25(32)29-15-7-12-22(29)24(30)31)14-6-13-23(27)28-26(33)34-16-21-19-10-4-2-8-17(19)18-9-3-5-11-20(18)21/h2-5,8-11,21-23H,6-7,12-16H2,1H3,(H,28,33)(H,30,31)/t22-,23?,27?/m1/s1. The van der Waals surface area contributed by atoms with E-state index in [1.165, 1.54) is 16.0 Å². The zero-order chi connectivity index (χ0) is 23.9. The Morgan fingerprint density at radius 2 is 1.68 bits per heavy atom. The lowest BCUT2D eigenvalue weighted by atomic mass is 9.83. The maximum Gasteiger partial charge on any atom is 0.407 e. The largest absolute Gasteiger partial charge is 0.480 e. The molecule has 2 aromatic rings. The Morgan fingerprint density at radius 3 is 2.32 bits per heavy atom. The van der Waals surface area contributed by atoms with Crippen molar-refractivity contribution in [3.8, 4) is 11.1 Å². The topological polar surface area (TPSA) is 95.9 Å². The molecule has 1 saturated heterocycles. The van der Waals surface area contributed by atoms with E-state index in [0.29, 0.717) is 32.2 Å². The van der Waals surface area contributed by atoms with Crippen molar-refractivity contribution in [2.75, 3.05) is 13.2 Å². The summed E-state index contributed by atoms with van der Waals surface area (Å²) in [4.78, 5) is 39.3. The monoisotopic (exact) mass is 462 g/mol. The summed E-state index contributed by atoms with van der Waals surface area (Å²) in [6.45, 7) is 2.50. The van der Waals surface area contributed by atoms with Crippen molar-refractivity contribution in [2.45, 2.75) is 57.0 Å². The third-order valence-electron chi connectivity index (χ3n) is 7.88. The van der Waals surface area contributed by atoms with Crippen molar-refractivity contribution >= 4 is 18.0 Å². The lowest BCUT2D eigenvalue weighted by Crippen LogP contribution is -2.54. The second kappa shape index (κ2) is 8.78. The molecule has 34 heavy (non-hydrogen) atoms. The van der Waals surface area contributed by atoms with Gasteiger partial charge < -0.3 is 20.1 Å². The van der Waals surface area contributed by atoms with Crippen LogP contribution in [-0.2, 0) is 14.3 Å². The van der Waals surface area contributed by atoms with Crippen LogP contribution in [0.3, 0.4) is 0 Å². The quantitative estimate of drug-likeness (QED) is 0.696. The van der Waals surface area contributed by atoms with Crippen molar-refractivity contribution < 1.29 is 24.2 Å². The number of benzene rings is 2. The summed E-state index contributed by atoms with van der Waals surface area (Å²) in [6.07, 6.45) is 2.69. The smallest absolute Gasteiger partial charge is 0.407 e. The van der Waals surface area contributed by atoms with Gasteiger partial charge in [-0.15, -0.1) is 0 Å². The van der Waals surface area contributed by atoms with E-state index in [1.54, 1.807) is 0 Å². The zero-order valence-corrected chi connectivity index (χ0v) is 19.3. The number of ether oxygens (including phenoxy) is 1. The van der Waals surface area contributed by atoms with Crippen LogP contribution < -0.4 is 5.32 Å². The van der Waals surface area contributed by atoms with E-state index >= 15 is 0 Å². The van der Waals surface area contributed by atoms with Crippen LogP contribution in [0.4, 0.5) is 4.79 Å². The van der Waals surface area contributed by atoms with Crippen LogP contribution in [0.15, 0.2) is 48.5 Å². The maximum absolute atomic E-state index is 13.4. The highest BCUT2D eigenvalue weighted by atomic mass is 16.5. The summed E-state index contributed by atoms with van der Waals surface area (Å²) in [5, 5.41) is 12.4. The molecule has 178 valence electrons. The molecular formula is C27H30N2O5. The third kappa shape index (κ3) is 3.73. The van der Waals surface area contributed by atoms with Gasteiger partial charge in [-0.25, -0.2) is 9.59 Å². The van der Waals surface area contributed by atoms with Gasteiger partial charge in [0.25, 0.3) is 0 Å². The van der Waals surface area contributed by atoms with Gasteiger partial charge in [-0.2, -0.15) is 0 Å². The lowest BCUT2D eigenvalue weighted by molar-refractivity contribution is -0.153. The minimum atomic E-state index is -0.964. The second-order valence-corrected chi connectivity index (χ2v) is 9.83. The highest BCUT2D eigenvalue weighted by molar-refractivity contribution is 5.89. The first kappa shape index (κ1) is 22.4. The first-order valence-electron chi connectivity index (χ1n) is 12.1. The summed E-state index contributed by atoms with van der Waals surface area (Å²) in [5.74, 6) is -1.18. The zero-order valence-electron chi connectivity index (χ0n) is 19.3. The molecule has 1 heterocycles. The van der Waals surface area contributed by atoms with Crippen LogP contribution in [0.1, 0.15) is 56.1 Å². The molecule has 0 aromatic heterocycles. The Kier molecular flexibility index (Phi) is 5.80. The third-order valence-corrected chi connectivity index (χ3v) is 7.88. The SMILES string of the molecule is CC1(C(=O)N2CCC[C@@H]2C(=O)O)CCCC1NC(=O)OCC1c2ccccc2-c2ccccc21. The first-order valence-corrected chi connectivity index (χ1v) is 12.1. The van der Waals surface area contributed by atoms with E-state index in [1.807, 2.05) is 31.2 Å². The maximum atomic E-state index is 13.4. The number of carbonyl (C=O) groups is 3. The number of carboxylic acid groups (broad SMARTS) is 1. The summed E-state index contributed by atoms with van der Waals surface area (Å²) in [6, 6.07) is 15.2. The number of fused-ring (bicyclic) bond motifs is 3. The fourth-order valence-electron chi connectivity index (χ4n) is 6.03. The van der Waals surface area contributed by atoms with Crippen molar-refractivity contribution in [3.63, 3.8) is 0 Å². The van der Waals surface area contributed by atoms with Crippen LogP contribution in [0.2, 0.25) is 0 Å². The minimum Gasteiger partial charge on any atom is -0.480 e. The number of hydrogen-bond donors (Lipinski definition) is 2. The molecule has 5 rings (SSSR count). The summed E-state index contributed by atoms with van der Waals surface area (Å²) < 4.78 is 5.69. The summed E-state index contributed by atoms with van der Waals surface area (Å²) >= 11 is 0. The van der Waals surface area contributed by atoms with Gasteiger partial charge in [-0.1, -0.05) is 55.0 Å². The molecule has 2 fully saturated rings. The number of aliphatic carboxylic acids is 1. The molecule has 2 N–H and O–H groups in total. The van der Waals surface area contributed by atoms with Gasteiger partial charge in [0.05, 0.1) is 5.41 Å². The average Bonchev–Trinajstić information content (AvgIpc) is 3.54. The molecule has 2 aliphatic carbocycles. The van der Waals surface area contributed by atoms with E-state index in [4.69, 9.17) is 4.74 Å². The van der Waals surface area contributed by atoms with Crippen LogP contribution in [-0.4, -0.2) is 53.2 Å². The Bertz CT molecular complexity index is 1090. The van der Waals surface area contributed by atoms with Crippen LogP contribution in [0.25, 0.3) is 11.1 Å². The number of nitrogens with zero attached hydrogens (tertiary/aromatic N) is 1. The lowest BCUT2D eigenvalue weighted by Gasteiger charge is -2.36. The molecule has 1 saturated carbocycles. The number of amides is 2. The van der Waals surface area contributed by atoms with E-state index in [9.17, 15) is 19.5 Å². The first-order chi connectivity index (χ1) is 16.4. The Morgan fingerprint density at radius 1 is 1.03 bits per heavy atom. The Labute approximate surface area is 199 Å². The molecule has 7 heteroatoms. The fourth-order valence-corrected chi connectivity index (χ4v) is 6.03. The normalized spacial score (nSPS) is 25.6. The molecule has 3 aliphatic rings. The molecule has 3 atom stereocenters. The van der Waals surface area contributed by atoms with Crippen LogP contribution in [0, 0.1) is 5.41 Å². The van der Waals surface area contributed by atoms with Gasteiger partial charge in [-0.3, -0.25) is 4.79 Å². The number of likely N-dealkylation sites (tertiary alicyclic amines) is 1. The predicted molar refractivity (Wildman–Crippen MR) is 126 cm³/mol. The molecule has 0 bridgehead atoms. The number of rotatable bonds is 5. The van der Waals surface area contributed by atoms with E-state index in [2.05, 4.69) is 29.6 Å². The number of carbonyl (C=O) groups excluding carboxylic acids is 2. The van der Waals surface area contributed by atoms with E-state index in [-0.39, 0.29) is 24.5 Å². The molecule has 1 aliphatic heterocycles. The summed E-state index contributed by atoms with van der Waals surface area (Å²) in [7, 11) is 0. The predicted octanol–water partition coefficient (Wildman–Crippen LogP) is 4.16. The van der Waals surface area contributed by atoms with Crippen molar-refractivity contribution in [1.82, 2.24) is 10.2 Å². The highest BCUT2D eigenvalue weighted by Gasteiger charge is 2.50.